The molecule has 2 N–H and O–H groups in total. The summed E-state index contributed by atoms with van der Waals surface area (Å²) in [6.07, 6.45) is 1.24. The average Bonchev–Trinajstić information content (AvgIpc) is 2.74. The minimum Gasteiger partial charge on any atom is -0.353 e. The fourth-order valence-corrected chi connectivity index (χ4v) is 2.84. The van der Waals surface area contributed by atoms with Gasteiger partial charge in [0.1, 0.15) is 0 Å². The monoisotopic (exact) mass is 394 g/mol. The largest absolute Gasteiger partial charge is 0.353 e. The van der Waals surface area contributed by atoms with Gasteiger partial charge in [0.25, 0.3) is 0 Å². The molecule has 1 aliphatic carbocycles. The summed E-state index contributed by atoms with van der Waals surface area (Å²) in [6.45, 7) is 13.8. The van der Waals surface area contributed by atoms with Gasteiger partial charge in [-0.05, 0) is 31.6 Å². The first-order valence-electron chi connectivity index (χ1n) is 7.57. The molecule has 3 atom stereocenters. The van der Waals surface area contributed by atoms with Crippen LogP contribution >= 0.6 is 24.0 Å². The van der Waals surface area contributed by atoms with Gasteiger partial charge in [-0.25, -0.2) is 0 Å². The topological polar surface area (TPSA) is 39.7 Å². The van der Waals surface area contributed by atoms with Gasteiger partial charge in [-0.3, -0.25) is 9.89 Å². The highest BCUT2D eigenvalue weighted by atomic mass is 127. The zero-order valence-electron chi connectivity index (χ0n) is 13.7. The molecule has 0 aromatic heterocycles. The normalized spacial score (nSPS) is 33.0. The fraction of sp³-hybridized carbons (Fsp3) is 0.933. The Bertz CT molecular complexity index is 354. The van der Waals surface area contributed by atoms with E-state index in [4.69, 9.17) is 0 Å². The quantitative estimate of drug-likeness (QED) is 0.439. The molecule has 5 heteroatoms. The molecule has 20 heavy (non-hydrogen) atoms. The Morgan fingerprint density at radius 1 is 1.25 bits per heavy atom. The Kier molecular flexibility index (Phi) is 6.14. The van der Waals surface area contributed by atoms with Crippen LogP contribution in [-0.2, 0) is 0 Å². The molecular formula is C15H31IN4. The Morgan fingerprint density at radius 2 is 1.85 bits per heavy atom. The Morgan fingerprint density at radius 3 is 2.25 bits per heavy atom. The minimum absolute atomic E-state index is 0. The average molecular weight is 394 g/mol. The number of rotatable bonds is 3. The molecular weight excluding hydrogens is 363 g/mol. The lowest BCUT2D eigenvalue weighted by Gasteiger charge is -2.22. The molecule has 0 aromatic carbocycles. The Balaban J connectivity index is 0.00000200. The molecule has 3 unspecified atom stereocenters. The van der Waals surface area contributed by atoms with E-state index in [0.29, 0.717) is 29.5 Å². The SMILES string of the molecule is CN=C(NC1CN(C(C)C)CC1C)NC1CC1(C)C.I. The molecule has 0 aromatic rings. The van der Waals surface area contributed by atoms with Crippen molar-refractivity contribution in [3.63, 3.8) is 0 Å². The lowest BCUT2D eigenvalue weighted by Crippen LogP contribution is -2.48. The first-order chi connectivity index (χ1) is 8.83. The van der Waals surface area contributed by atoms with E-state index in [1.807, 2.05) is 7.05 Å². The van der Waals surface area contributed by atoms with Crippen LogP contribution in [0.1, 0.15) is 41.0 Å². The molecule has 0 bridgehead atoms. The first kappa shape index (κ1) is 18.0. The number of nitrogens with one attached hydrogen (secondary N) is 2. The molecule has 118 valence electrons. The Labute approximate surface area is 141 Å². The molecule has 1 heterocycles. The summed E-state index contributed by atoms with van der Waals surface area (Å²) in [5.41, 5.74) is 0.433. The molecule has 1 saturated carbocycles. The van der Waals surface area contributed by atoms with E-state index in [9.17, 15) is 0 Å². The van der Waals surface area contributed by atoms with E-state index in [-0.39, 0.29) is 24.0 Å². The molecule has 0 amide bonds. The van der Waals surface area contributed by atoms with Gasteiger partial charge in [0.2, 0.25) is 0 Å². The summed E-state index contributed by atoms with van der Waals surface area (Å²) in [4.78, 5) is 6.92. The van der Waals surface area contributed by atoms with Crippen LogP contribution in [0.4, 0.5) is 0 Å². The molecule has 2 aliphatic rings. The number of guanidine groups is 1. The van der Waals surface area contributed by atoms with Gasteiger partial charge in [-0.1, -0.05) is 20.8 Å². The third-order valence-electron chi connectivity index (χ3n) is 4.74. The molecule has 2 rings (SSSR count). The van der Waals surface area contributed by atoms with Crippen LogP contribution in [0.5, 0.6) is 0 Å². The zero-order valence-corrected chi connectivity index (χ0v) is 16.1. The van der Waals surface area contributed by atoms with Crippen LogP contribution < -0.4 is 10.6 Å². The van der Waals surface area contributed by atoms with Crippen LogP contribution in [0.3, 0.4) is 0 Å². The van der Waals surface area contributed by atoms with Crippen molar-refractivity contribution in [2.75, 3.05) is 20.1 Å². The molecule has 0 radical (unpaired) electrons. The third-order valence-corrected chi connectivity index (χ3v) is 4.74. The minimum atomic E-state index is 0. The molecule has 2 fully saturated rings. The van der Waals surface area contributed by atoms with Gasteiger partial charge in [0.05, 0.1) is 0 Å². The summed E-state index contributed by atoms with van der Waals surface area (Å²) in [5.74, 6) is 1.64. The van der Waals surface area contributed by atoms with Crippen molar-refractivity contribution in [3.05, 3.63) is 0 Å². The van der Waals surface area contributed by atoms with Gasteiger partial charge >= 0.3 is 0 Å². The third kappa shape index (κ3) is 4.23. The van der Waals surface area contributed by atoms with Crippen LogP contribution in [0.15, 0.2) is 4.99 Å². The van der Waals surface area contributed by atoms with Crippen molar-refractivity contribution in [1.82, 2.24) is 15.5 Å². The Hall–Kier alpha value is -0.0400. The molecule has 1 aliphatic heterocycles. The van der Waals surface area contributed by atoms with Crippen molar-refractivity contribution in [1.29, 1.82) is 0 Å². The van der Waals surface area contributed by atoms with Crippen molar-refractivity contribution in [3.8, 4) is 0 Å². The van der Waals surface area contributed by atoms with Crippen LogP contribution in [-0.4, -0.2) is 49.1 Å². The highest BCUT2D eigenvalue weighted by molar-refractivity contribution is 14.0. The summed E-state index contributed by atoms with van der Waals surface area (Å²) >= 11 is 0. The van der Waals surface area contributed by atoms with E-state index in [1.54, 1.807) is 0 Å². The number of halogens is 1. The molecule has 0 spiro atoms. The maximum Gasteiger partial charge on any atom is 0.191 e. The van der Waals surface area contributed by atoms with Crippen LogP contribution in [0.25, 0.3) is 0 Å². The van der Waals surface area contributed by atoms with Crippen LogP contribution in [0, 0.1) is 11.3 Å². The summed E-state index contributed by atoms with van der Waals surface area (Å²) in [7, 11) is 1.87. The van der Waals surface area contributed by atoms with Crippen molar-refractivity contribution in [2.24, 2.45) is 16.3 Å². The number of nitrogens with zero attached hydrogens (tertiary/aromatic N) is 2. The van der Waals surface area contributed by atoms with E-state index in [2.05, 4.69) is 55.1 Å². The van der Waals surface area contributed by atoms with Crippen molar-refractivity contribution < 1.29 is 0 Å². The summed E-state index contributed by atoms with van der Waals surface area (Å²) in [5, 5.41) is 7.15. The molecule has 4 nitrogen and oxygen atoms in total. The van der Waals surface area contributed by atoms with E-state index >= 15 is 0 Å². The zero-order chi connectivity index (χ0) is 14.2. The predicted octanol–water partition coefficient (Wildman–Crippen LogP) is 2.30. The second-order valence-electron chi connectivity index (χ2n) is 7.24. The van der Waals surface area contributed by atoms with Gasteiger partial charge in [0.15, 0.2) is 5.96 Å². The van der Waals surface area contributed by atoms with Crippen LogP contribution in [0.2, 0.25) is 0 Å². The number of hydrogen-bond donors (Lipinski definition) is 2. The number of likely N-dealkylation sites (tertiary alicyclic amines) is 1. The van der Waals surface area contributed by atoms with Gasteiger partial charge in [-0.15, -0.1) is 24.0 Å². The lowest BCUT2D eigenvalue weighted by atomic mass is 10.1. The standard InChI is InChI=1S/C15H30N4.HI/c1-10(2)19-8-11(3)12(9-19)17-14(16-6)18-13-7-15(13,4)5;/h10-13H,7-9H2,1-6H3,(H2,16,17,18);1H. The maximum absolute atomic E-state index is 4.38. The van der Waals surface area contributed by atoms with E-state index in [1.165, 1.54) is 13.0 Å². The first-order valence-corrected chi connectivity index (χ1v) is 7.57. The highest BCUT2D eigenvalue weighted by Gasteiger charge is 2.46. The lowest BCUT2D eigenvalue weighted by molar-refractivity contribution is 0.265. The van der Waals surface area contributed by atoms with E-state index < -0.39 is 0 Å². The highest BCUT2D eigenvalue weighted by Crippen LogP contribution is 2.44. The maximum atomic E-state index is 4.38. The van der Waals surface area contributed by atoms with Crippen molar-refractivity contribution >= 4 is 29.9 Å². The summed E-state index contributed by atoms with van der Waals surface area (Å²) < 4.78 is 0. The number of hydrogen-bond acceptors (Lipinski definition) is 2. The fourth-order valence-electron chi connectivity index (χ4n) is 2.84. The smallest absolute Gasteiger partial charge is 0.191 e. The van der Waals surface area contributed by atoms with Gasteiger partial charge in [0, 0.05) is 38.3 Å². The number of aliphatic imine (C=N–C) groups is 1. The second kappa shape index (κ2) is 6.81. The second-order valence-corrected chi connectivity index (χ2v) is 7.24. The molecule has 1 saturated heterocycles. The summed E-state index contributed by atoms with van der Waals surface area (Å²) in [6, 6.07) is 1.72. The van der Waals surface area contributed by atoms with Gasteiger partial charge in [-0.2, -0.15) is 0 Å². The van der Waals surface area contributed by atoms with E-state index in [0.717, 1.165) is 12.5 Å². The predicted molar refractivity (Wildman–Crippen MR) is 96.9 cm³/mol. The van der Waals surface area contributed by atoms with Crippen molar-refractivity contribution in [2.45, 2.75) is 59.2 Å². The van der Waals surface area contributed by atoms with Gasteiger partial charge < -0.3 is 10.6 Å².